The summed E-state index contributed by atoms with van der Waals surface area (Å²) in [5.74, 6) is 2.72. The average molecular weight is 235 g/mol. The van der Waals surface area contributed by atoms with Gasteiger partial charge in [0.05, 0.1) is 0 Å². The van der Waals surface area contributed by atoms with Gasteiger partial charge in [0, 0.05) is 18.2 Å². The van der Waals surface area contributed by atoms with Crippen molar-refractivity contribution in [3.8, 4) is 12.3 Å². The molecule has 0 radical (unpaired) electrons. The van der Waals surface area contributed by atoms with Crippen LogP contribution in [-0.4, -0.2) is 0 Å². The van der Waals surface area contributed by atoms with Crippen molar-refractivity contribution in [1.29, 1.82) is 0 Å². The second-order valence-electron chi connectivity index (χ2n) is 4.31. The third-order valence-electron chi connectivity index (χ3n) is 3.07. The standard InChI is InChI=1S/C17H17N/c1-3-15-9-7-8-12-17(15)13-18-14(2)16-10-5-4-6-11-16/h1,4-12,14,18H,13H2,2H3/t14-/m1/s1. The molecule has 0 aliphatic heterocycles. The Hall–Kier alpha value is -2.04. The van der Waals surface area contributed by atoms with Gasteiger partial charge >= 0.3 is 0 Å². The van der Waals surface area contributed by atoms with E-state index in [1.807, 2.05) is 24.3 Å². The topological polar surface area (TPSA) is 12.0 Å². The predicted octanol–water partition coefficient (Wildman–Crippen LogP) is 3.52. The molecule has 0 aliphatic carbocycles. The minimum absolute atomic E-state index is 0.317. The summed E-state index contributed by atoms with van der Waals surface area (Å²) in [5, 5.41) is 3.49. The maximum atomic E-state index is 5.49. The molecule has 0 aliphatic rings. The lowest BCUT2D eigenvalue weighted by Crippen LogP contribution is -2.18. The fourth-order valence-electron chi connectivity index (χ4n) is 1.94. The maximum Gasteiger partial charge on any atom is 0.0294 e. The zero-order valence-corrected chi connectivity index (χ0v) is 10.6. The third kappa shape index (κ3) is 3.00. The molecular weight excluding hydrogens is 218 g/mol. The lowest BCUT2D eigenvalue weighted by Gasteiger charge is -2.15. The van der Waals surface area contributed by atoms with Crippen LogP contribution in [0.4, 0.5) is 0 Å². The molecular formula is C17H17N. The molecule has 0 saturated carbocycles. The van der Waals surface area contributed by atoms with E-state index in [0.29, 0.717) is 6.04 Å². The Bertz CT molecular complexity index is 537. The smallest absolute Gasteiger partial charge is 0.0294 e. The molecule has 1 atom stereocenters. The molecule has 0 fully saturated rings. The fourth-order valence-corrected chi connectivity index (χ4v) is 1.94. The Morgan fingerprint density at radius 3 is 2.44 bits per heavy atom. The van der Waals surface area contributed by atoms with Crippen LogP contribution in [-0.2, 0) is 6.54 Å². The van der Waals surface area contributed by atoms with Gasteiger partial charge in [-0.3, -0.25) is 0 Å². The van der Waals surface area contributed by atoms with E-state index >= 15 is 0 Å². The van der Waals surface area contributed by atoms with Gasteiger partial charge in [0.25, 0.3) is 0 Å². The number of benzene rings is 2. The zero-order valence-electron chi connectivity index (χ0n) is 10.6. The van der Waals surface area contributed by atoms with Gasteiger partial charge in [-0.1, -0.05) is 54.5 Å². The van der Waals surface area contributed by atoms with Crippen LogP contribution >= 0.6 is 0 Å². The van der Waals surface area contributed by atoms with Crippen molar-refractivity contribution in [3.05, 3.63) is 71.3 Å². The van der Waals surface area contributed by atoms with E-state index < -0.39 is 0 Å². The molecule has 1 nitrogen and oxygen atoms in total. The van der Waals surface area contributed by atoms with E-state index in [-0.39, 0.29) is 0 Å². The van der Waals surface area contributed by atoms with Crippen LogP contribution in [0.25, 0.3) is 0 Å². The van der Waals surface area contributed by atoms with Gasteiger partial charge in [0.2, 0.25) is 0 Å². The van der Waals surface area contributed by atoms with Gasteiger partial charge in [0.15, 0.2) is 0 Å². The first-order valence-corrected chi connectivity index (χ1v) is 6.14. The van der Waals surface area contributed by atoms with Crippen LogP contribution in [0.1, 0.15) is 29.7 Å². The highest BCUT2D eigenvalue weighted by Gasteiger charge is 2.05. The summed E-state index contributed by atoms with van der Waals surface area (Å²) in [7, 11) is 0. The molecule has 2 aromatic rings. The van der Waals surface area contributed by atoms with Crippen molar-refractivity contribution < 1.29 is 0 Å². The van der Waals surface area contributed by atoms with E-state index in [0.717, 1.165) is 12.1 Å². The molecule has 0 unspecified atom stereocenters. The first-order valence-electron chi connectivity index (χ1n) is 6.14. The van der Waals surface area contributed by atoms with Crippen molar-refractivity contribution in [1.82, 2.24) is 5.32 Å². The van der Waals surface area contributed by atoms with Crippen LogP contribution in [0.2, 0.25) is 0 Å². The molecule has 0 aromatic heterocycles. The quantitative estimate of drug-likeness (QED) is 0.799. The highest BCUT2D eigenvalue weighted by atomic mass is 14.9. The lowest BCUT2D eigenvalue weighted by molar-refractivity contribution is 0.574. The van der Waals surface area contributed by atoms with Crippen molar-refractivity contribution in [3.63, 3.8) is 0 Å². The third-order valence-corrected chi connectivity index (χ3v) is 3.07. The van der Waals surface area contributed by atoms with Crippen LogP contribution in [0.5, 0.6) is 0 Å². The van der Waals surface area contributed by atoms with Crippen molar-refractivity contribution in [2.75, 3.05) is 0 Å². The first-order chi connectivity index (χ1) is 8.81. The number of hydrogen-bond acceptors (Lipinski definition) is 1. The van der Waals surface area contributed by atoms with Crippen LogP contribution < -0.4 is 5.32 Å². The van der Waals surface area contributed by atoms with E-state index in [1.165, 1.54) is 11.1 Å². The number of terminal acetylenes is 1. The van der Waals surface area contributed by atoms with Gasteiger partial charge in [-0.2, -0.15) is 0 Å². The van der Waals surface area contributed by atoms with Crippen LogP contribution in [0, 0.1) is 12.3 Å². The second kappa shape index (κ2) is 6.05. The Kier molecular flexibility index (Phi) is 4.17. The maximum absolute atomic E-state index is 5.49. The molecule has 0 bridgehead atoms. The van der Waals surface area contributed by atoms with Crippen LogP contribution in [0.15, 0.2) is 54.6 Å². The van der Waals surface area contributed by atoms with Crippen molar-refractivity contribution >= 4 is 0 Å². The SMILES string of the molecule is C#Cc1ccccc1CN[C@H](C)c1ccccc1. The molecule has 0 saturated heterocycles. The minimum atomic E-state index is 0.317. The van der Waals surface area contributed by atoms with Gasteiger partial charge in [-0.25, -0.2) is 0 Å². The Balaban J connectivity index is 2.02. The van der Waals surface area contributed by atoms with E-state index in [4.69, 9.17) is 6.42 Å². The van der Waals surface area contributed by atoms with Gasteiger partial charge in [-0.15, -0.1) is 6.42 Å². The fraction of sp³-hybridized carbons (Fsp3) is 0.176. The molecule has 0 amide bonds. The zero-order chi connectivity index (χ0) is 12.8. The van der Waals surface area contributed by atoms with Gasteiger partial charge < -0.3 is 5.32 Å². The molecule has 2 rings (SSSR count). The van der Waals surface area contributed by atoms with E-state index in [2.05, 4.69) is 48.5 Å². The second-order valence-corrected chi connectivity index (χ2v) is 4.31. The molecule has 2 aromatic carbocycles. The van der Waals surface area contributed by atoms with Gasteiger partial charge in [-0.05, 0) is 24.1 Å². The monoisotopic (exact) mass is 235 g/mol. The lowest BCUT2D eigenvalue weighted by atomic mass is 10.1. The Labute approximate surface area is 109 Å². The molecule has 90 valence electrons. The van der Waals surface area contributed by atoms with E-state index in [1.54, 1.807) is 0 Å². The summed E-state index contributed by atoms with van der Waals surface area (Å²) in [6.07, 6.45) is 5.49. The summed E-state index contributed by atoms with van der Waals surface area (Å²) in [6, 6.07) is 18.8. The summed E-state index contributed by atoms with van der Waals surface area (Å²) in [6.45, 7) is 2.95. The average Bonchev–Trinajstić information content (AvgIpc) is 2.46. The molecule has 0 spiro atoms. The number of hydrogen-bond donors (Lipinski definition) is 1. The normalized spacial score (nSPS) is 11.8. The summed E-state index contributed by atoms with van der Waals surface area (Å²) in [5.41, 5.74) is 3.42. The van der Waals surface area contributed by atoms with Crippen molar-refractivity contribution in [2.45, 2.75) is 19.5 Å². The first kappa shape index (κ1) is 12.4. The highest BCUT2D eigenvalue weighted by molar-refractivity contribution is 5.39. The number of rotatable bonds is 4. The Morgan fingerprint density at radius 2 is 1.72 bits per heavy atom. The Morgan fingerprint density at radius 1 is 1.06 bits per heavy atom. The predicted molar refractivity (Wildman–Crippen MR) is 76.1 cm³/mol. The largest absolute Gasteiger partial charge is 0.306 e. The van der Waals surface area contributed by atoms with Crippen LogP contribution in [0.3, 0.4) is 0 Å². The summed E-state index contributed by atoms with van der Waals surface area (Å²) < 4.78 is 0. The van der Waals surface area contributed by atoms with E-state index in [9.17, 15) is 0 Å². The molecule has 1 N–H and O–H groups in total. The minimum Gasteiger partial charge on any atom is -0.306 e. The molecule has 0 heterocycles. The van der Waals surface area contributed by atoms with Gasteiger partial charge in [0.1, 0.15) is 0 Å². The molecule has 1 heteroatoms. The summed E-state index contributed by atoms with van der Waals surface area (Å²) >= 11 is 0. The summed E-state index contributed by atoms with van der Waals surface area (Å²) in [4.78, 5) is 0. The molecule has 18 heavy (non-hydrogen) atoms. The highest BCUT2D eigenvalue weighted by Crippen LogP contribution is 2.13. The number of nitrogens with one attached hydrogen (secondary N) is 1. The van der Waals surface area contributed by atoms with Crippen molar-refractivity contribution in [2.24, 2.45) is 0 Å².